The van der Waals surface area contributed by atoms with Crippen molar-refractivity contribution in [2.75, 3.05) is 20.3 Å². The minimum atomic E-state index is -0.435. The number of ether oxygens (including phenoxy) is 2. The Hall–Kier alpha value is -1.06. The molecule has 0 aliphatic rings. The van der Waals surface area contributed by atoms with Gasteiger partial charge in [0.05, 0.1) is 12.7 Å². The highest BCUT2D eigenvalue weighted by atomic mass is 16.5. The van der Waals surface area contributed by atoms with Crippen LogP contribution < -0.4 is 4.74 Å². The first kappa shape index (κ1) is 17.0. The molecule has 0 spiro atoms. The Balaban J connectivity index is 2.43. The summed E-state index contributed by atoms with van der Waals surface area (Å²) < 4.78 is 10.6. The molecule has 0 radical (unpaired) electrons. The third kappa shape index (κ3) is 6.40. The first-order valence-corrected chi connectivity index (χ1v) is 7.68. The predicted molar refractivity (Wildman–Crippen MR) is 82.1 cm³/mol. The lowest BCUT2D eigenvalue weighted by molar-refractivity contribution is 0.135. The number of benzene rings is 1. The summed E-state index contributed by atoms with van der Waals surface area (Å²) in [5.74, 6) is 0.769. The van der Waals surface area contributed by atoms with Gasteiger partial charge in [0.2, 0.25) is 0 Å². The van der Waals surface area contributed by atoms with Gasteiger partial charge in [-0.3, -0.25) is 0 Å². The highest BCUT2D eigenvalue weighted by molar-refractivity contribution is 5.35. The standard InChI is InChI=1S/C17H28O3/c1-3-4-5-6-7-11-16(18)15-10-8-9-12-17(15)20-14-13-19-2/h8-10,12,16,18H,3-7,11,13-14H2,1-2H3. The Morgan fingerprint density at radius 3 is 2.55 bits per heavy atom. The third-order valence-electron chi connectivity index (χ3n) is 3.40. The van der Waals surface area contributed by atoms with Crippen molar-refractivity contribution in [3.8, 4) is 5.75 Å². The highest BCUT2D eigenvalue weighted by Crippen LogP contribution is 2.28. The van der Waals surface area contributed by atoms with E-state index >= 15 is 0 Å². The maximum absolute atomic E-state index is 10.3. The number of aliphatic hydroxyl groups is 1. The first-order chi connectivity index (χ1) is 9.79. The van der Waals surface area contributed by atoms with Gasteiger partial charge >= 0.3 is 0 Å². The molecule has 20 heavy (non-hydrogen) atoms. The van der Waals surface area contributed by atoms with Crippen LogP contribution in [0.5, 0.6) is 5.75 Å². The highest BCUT2D eigenvalue weighted by Gasteiger charge is 2.12. The van der Waals surface area contributed by atoms with Crippen molar-refractivity contribution in [1.82, 2.24) is 0 Å². The molecule has 1 rings (SSSR count). The van der Waals surface area contributed by atoms with E-state index in [1.54, 1.807) is 7.11 Å². The second-order valence-electron chi connectivity index (χ2n) is 5.10. The lowest BCUT2D eigenvalue weighted by Crippen LogP contribution is -2.07. The molecule has 0 aromatic heterocycles. The van der Waals surface area contributed by atoms with Gasteiger partial charge in [-0.25, -0.2) is 0 Å². The molecule has 1 unspecified atom stereocenters. The van der Waals surface area contributed by atoms with Crippen molar-refractivity contribution in [2.24, 2.45) is 0 Å². The largest absolute Gasteiger partial charge is 0.491 e. The summed E-state index contributed by atoms with van der Waals surface area (Å²) in [6.07, 6.45) is 6.41. The van der Waals surface area contributed by atoms with Crippen LogP contribution in [-0.4, -0.2) is 25.4 Å². The van der Waals surface area contributed by atoms with Crippen LogP contribution in [0.3, 0.4) is 0 Å². The minimum Gasteiger partial charge on any atom is -0.491 e. The average Bonchev–Trinajstić information content (AvgIpc) is 2.47. The van der Waals surface area contributed by atoms with E-state index < -0.39 is 6.10 Å². The molecule has 0 saturated carbocycles. The monoisotopic (exact) mass is 280 g/mol. The Labute approximate surface area is 122 Å². The summed E-state index contributed by atoms with van der Waals surface area (Å²) >= 11 is 0. The van der Waals surface area contributed by atoms with Crippen molar-refractivity contribution in [3.63, 3.8) is 0 Å². The van der Waals surface area contributed by atoms with E-state index in [2.05, 4.69) is 6.92 Å². The van der Waals surface area contributed by atoms with E-state index in [9.17, 15) is 5.11 Å². The molecule has 0 aliphatic heterocycles. The first-order valence-electron chi connectivity index (χ1n) is 7.68. The number of unbranched alkanes of at least 4 members (excludes halogenated alkanes) is 4. The Bertz CT molecular complexity index is 352. The summed E-state index contributed by atoms with van der Waals surface area (Å²) in [4.78, 5) is 0. The smallest absolute Gasteiger partial charge is 0.125 e. The van der Waals surface area contributed by atoms with Gasteiger partial charge in [-0.2, -0.15) is 0 Å². The van der Waals surface area contributed by atoms with Crippen LogP contribution in [0.1, 0.15) is 57.1 Å². The Kier molecular flexibility index (Phi) is 9.09. The van der Waals surface area contributed by atoms with E-state index in [4.69, 9.17) is 9.47 Å². The summed E-state index contributed by atoms with van der Waals surface area (Å²) in [7, 11) is 1.65. The molecule has 1 aromatic rings. The van der Waals surface area contributed by atoms with Crippen molar-refractivity contribution in [3.05, 3.63) is 29.8 Å². The van der Waals surface area contributed by atoms with Crippen LogP contribution in [0.15, 0.2) is 24.3 Å². The number of aliphatic hydroxyl groups excluding tert-OH is 1. The van der Waals surface area contributed by atoms with E-state index in [0.29, 0.717) is 13.2 Å². The van der Waals surface area contributed by atoms with Crippen LogP contribution >= 0.6 is 0 Å². The molecule has 1 N–H and O–H groups in total. The summed E-state index contributed by atoms with van der Waals surface area (Å²) in [6.45, 7) is 3.28. The van der Waals surface area contributed by atoms with Gasteiger partial charge in [0.15, 0.2) is 0 Å². The fraction of sp³-hybridized carbons (Fsp3) is 0.647. The van der Waals surface area contributed by atoms with E-state index in [1.807, 2.05) is 24.3 Å². The van der Waals surface area contributed by atoms with E-state index in [-0.39, 0.29) is 0 Å². The number of hydrogen-bond acceptors (Lipinski definition) is 3. The molecule has 0 bridgehead atoms. The van der Waals surface area contributed by atoms with Crippen LogP contribution in [0.2, 0.25) is 0 Å². The second-order valence-corrected chi connectivity index (χ2v) is 5.10. The van der Waals surface area contributed by atoms with Gasteiger partial charge in [0.1, 0.15) is 12.4 Å². The normalized spacial score (nSPS) is 12.3. The number of para-hydroxylation sites is 1. The second kappa shape index (κ2) is 10.7. The fourth-order valence-corrected chi connectivity index (χ4v) is 2.22. The van der Waals surface area contributed by atoms with Gasteiger partial charge in [-0.1, -0.05) is 57.2 Å². The van der Waals surface area contributed by atoms with Crippen LogP contribution in [0, 0.1) is 0 Å². The van der Waals surface area contributed by atoms with Crippen LogP contribution in [0.4, 0.5) is 0 Å². The minimum absolute atomic E-state index is 0.435. The zero-order valence-electron chi connectivity index (χ0n) is 12.8. The zero-order chi connectivity index (χ0) is 14.6. The maximum atomic E-state index is 10.3. The summed E-state index contributed by atoms with van der Waals surface area (Å²) in [6, 6.07) is 7.72. The maximum Gasteiger partial charge on any atom is 0.125 e. The molecule has 0 amide bonds. The van der Waals surface area contributed by atoms with Gasteiger partial charge in [0.25, 0.3) is 0 Å². The number of methoxy groups -OCH3 is 1. The average molecular weight is 280 g/mol. The fourth-order valence-electron chi connectivity index (χ4n) is 2.22. The van der Waals surface area contributed by atoms with Gasteiger partial charge in [0, 0.05) is 12.7 Å². The van der Waals surface area contributed by atoms with Crippen LogP contribution in [0.25, 0.3) is 0 Å². The molecule has 0 fully saturated rings. The molecule has 1 aromatic carbocycles. The van der Waals surface area contributed by atoms with Crippen LogP contribution in [-0.2, 0) is 4.74 Å². The van der Waals surface area contributed by atoms with Crippen molar-refractivity contribution in [1.29, 1.82) is 0 Å². The molecular formula is C17H28O3. The third-order valence-corrected chi connectivity index (χ3v) is 3.40. The zero-order valence-corrected chi connectivity index (χ0v) is 12.8. The van der Waals surface area contributed by atoms with Gasteiger partial charge < -0.3 is 14.6 Å². The Morgan fingerprint density at radius 2 is 1.80 bits per heavy atom. The number of rotatable bonds is 11. The lowest BCUT2D eigenvalue weighted by atomic mass is 10.0. The lowest BCUT2D eigenvalue weighted by Gasteiger charge is -2.16. The van der Waals surface area contributed by atoms with Crippen molar-refractivity contribution in [2.45, 2.75) is 51.6 Å². The van der Waals surface area contributed by atoms with Gasteiger partial charge in [-0.15, -0.1) is 0 Å². The molecule has 3 heteroatoms. The molecule has 0 aliphatic carbocycles. The molecule has 3 nitrogen and oxygen atoms in total. The molecule has 0 saturated heterocycles. The number of hydrogen-bond donors (Lipinski definition) is 1. The van der Waals surface area contributed by atoms with Crippen molar-refractivity contribution >= 4 is 0 Å². The van der Waals surface area contributed by atoms with Gasteiger partial charge in [-0.05, 0) is 12.5 Å². The van der Waals surface area contributed by atoms with E-state index in [0.717, 1.165) is 24.2 Å². The van der Waals surface area contributed by atoms with E-state index in [1.165, 1.54) is 25.7 Å². The van der Waals surface area contributed by atoms with Crippen molar-refractivity contribution < 1.29 is 14.6 Å². The molecular weight excluding hydrogens is 252 g/mol. The molecule has 0 heterocycles. The molecule has 1 atom stereocenters. The SMILES string of the molecule is CCCCCCCC(O)c1ccccc1OCCOC. The molecule has 114 valence electrons. The Morgan fingerprint density at radius 1 is 1.05 bits per heavy atom. The summed E-state index contributed by atoms with van der Waals surface area (Å²) in [5.41, 5.74) is 0.888. The quantitative estimate of drug-likeness (QED) is 0.620. The topological polar surface area (TPSA) is 38.7 Å². The predicted octanol–water partition coefficient (Wildman–Crippen LogP) is 4.11. The summed E-state index contributed by atoms with van der Waals surface area (Å²) in [5, 5.41) is 10.3.